The average Bonchev–Trinajstić information content (AvgIpc) is 3.11. The van der Waals surface area contributed by atoms with E-state index in [1.165, 1.54) is 16.9 Å². The van der Waals surface area contributed by atoms with Crippen LogP contribution in [0.5, 0.6) is 5.75 Å². The molecule has 9 heteroatoms. The lowest BCUT2D eigenvalue weighted by atomic mass is 9.98. The summed E-state index contributed by atoms with van der Waals surface area (Å²) in [7, 11) is -1.48. The highest BCUT2D eigenvalue weighted by Crippen LogP contribution is 2.39. The second-order valence-electron chi connectivity index (χ2n) is 7.74. The lowest BCUT2D eigenvalue weighted by Gasteiger charge is -2.34. The van der Waals surface area contributed by atoms with E-state index in [0.717, 1.165) is 38.0 Å². The predicted octanol–water partition coefficient (Wildman–Crippen LogP) is 2.11. The molecule has 2 aliphatic rings. The lowest BCUT2D eigenvalue weighted by molar-refractivity contribution is 0.0946. The van der Waals surface area contributed by atoms with E-state index in [0.29, 0.717) is 44.0 Å². The van der Waals surface area contributed by atoms with Gasteiger partial charge in [0.05, 0.1) is 12.9 Å². The molecule has 29 heavy (non-hydrogen) atoms. The first-order chi connectivity index (χ1) is 14.0. The van der Waals surface area contributed by atoms with Gasteiger partial charge >= 0.3 is 0 Å². The molecule has 0 saturated carbocycles. The van der Waals surface area contributed by atoms with Gasteiger partial charge in [-0.3, -0.25) is 9.69 Å². The van der Waals surface area contributed by atoms with Crippen LogP contribution in [0.15, 0.2) is 0 Å². The van der Waals surface area contributed by atoms with E-state index in [2.05, 4.69) is 10.2 Å². The van der Waals surface area contributed by atoms with Gasteiger partial charge in [-0.25, -0.2) is 8.42 Å². The quantitative estimate of drug-likeness (QED) is 0.632. The molecule has 1 N–H and O–H groups in total. The van der Waals surface area contributed by atoms with Gasteiger partial charge in [-0.15, -0.1) is 11.3 Å². The van der Waals surface area contributed by atoms with Crippen molar-refractivity contribution in [1.82, 2.24) is 14.5 Å². The molecule has 1 aromatic rings. The van der Waals surface area contributed by atoms with Crippen molar-refractivity contribution in [2.75, 3.05) is 52.1 Å². The van der Waals surface area contributed by atoms with Crippen molar-refractivity contribution in [2.45, 2.75) is 45.4 Å². The van der Waals surface area contributed by atoms with Crippen LogP contribution in [0.1, 0.15) is 52.7 Å². The molecule has 1 aliphatic carbocycles. The second kappa shape index (κ2) is 10.2. The number of hydrogen-bond acceptors (Lipinski definition) is 6. The van der Waals surface area contributed by atoms with Crippen LogP contribution in [0.3, 0.4) is 0 Å². The van der Waals surface area contributed by atoms with Gasteiger partial charge in [-0.05, 0) is 32.1 Å². The van der Waals surface area contributed by atoms with Crippen LogP contribution in [0.25, 0.3) is 0 Å². The molecule has 0 spiro atoms. The van der Waals surface area contributed by atoms with E-state index in [-0.39, 0.29) is 11.7 Å². The number of hydrogen-bond donors (Lipinski definition) is 1. The fourth-order valence-electron chi connectivity index (χ4n) is 4.00. The molecule has 1 saturated heterocycles. The van der Waals surface area contributed by atoms with Gasteiger partial charge in [0.2, 0.25) is 10.0 Å². The third kappa shape index (κ3) is 5.51. The van der Waals surface area contributed by atoms with Crippen LogP contribution in [0.4, 0.5) is 0 Å². The molecule has 7 nitrogen and oxygen atoms in total. The zero-order valence-electron chi connectivity index (χ0n) is 17.5. The van der Waals surface area contributed by atoms with E-state index in [1.807, 2.05) is 6.92 Å². The number of unbranched alkanes of at least 4 members (excludes halogenated alkanes) is 1. The fourth-order valence-corrected chi connectivity index (χ4v) is 6.90. The number of rotatable bonds is 9. The molecule has 0 radical (unpaired) electrons. The Kier molecular flexibility index (Phi) is 7.95. The smallest absolute Gasteiger partial charge is 0.265 e. The zero-order chi connectivity index (χ0) is 20.9. The first kappa shape index (κ1) is 22.5. The molecular weight excluding hydrogens is 410 g/mol. The fraction of sp³-hybridized carbons (Fsp3) is 0.750. The maximum Gasteiger partial charge on any atom is 0.265 e. The Bertz CT molecular complexity index is 799. The molecule has 164 valence electrons. The predicted molar refractivity (Wildman–Crippen MR) is 117 cm³/mol. The number of amides is 1. The van der Waals surface area contributed by atoms with Crippen LogP contribution in [-0.2, 0) is 22.9 Å². The summed E-state index contributed by atoms with van der Waals surface area (Å²) in [6.07, 6.45) is 5.96. The number of nitrogens with zero attached hydrogens (tertiary/aromatic N) is 2. The molecule has 1 aromatic heterocycles. The summed E-state index contributed by atoms with van der Waals surface area (Å²) in [6.45, 7) is 5.75. The Labute approximate surface area is 178 Å². The Morgan fingerprint density at radius 2 is 1.90 bits per heavy atom. The summed E-state index contributed by atoms with van der Waals surface area (Å²) in [4.78, 5) is 16.9. The largest absolute Gasteiger partial charge is 0.495 e. The minimum atomic E-state index is -3.12. The van der Waals surface area contributed by atoms with Gasteiger partial charge < -0.3 is 10.1 Å². The summed E-state index contributed by atoms with van der Waals surface area (Å²) in [5.74, 6) is 0.932. The number of methoxy groups -OCH3 is 1. The number of ether oxygens (including phenoxy) is 1. The van der Waals surface area contributed by atoms with Crippen LogP contribution in [0, 0.1) is 0 Å². The molecular formula is C20H33N3O4S2. The van der Waals surface area contributed by atoms with Crippen LogP contribution in [-0.4, -0.2) is 75.7 Å². The van der Waals surface area contributed by atoms with Crippen molar-refractivity contribution < 1.29 is 17.9 Å². The summed E-state index contributed by atoms with van der Waals surface area (Å²) >= 11 is 1.57. The molecule has 2 heterocycles. The Morgan fingerprint density at radius 1 is 1.17 bits per heavy atom. The Morgan fingerprint density at radius 3 is 2.59 bits per heavy atom. The van der Waals surface area contributed by atoms with E-state index in [1.54, 1.807) is 22.8 Å². The highest BCUT2D eigenvalue weighted by atomic mass is 32.2. The summed E-state index contributed by atoms with van der Waals surface area (Å²) in [5.41, 5.74) is 1.22. The van der Waals surface area contributed by atoms with Gasteiger partial charge in [0.25, 0.3) is 5.91 Å². The van der Waals surface area contributed by atoms with Crippen molar-refractivity contribution in [3.8, 4) is 5.75 Å². The topological polar surface area (TPSA) is 79.0 Å². The standard InChI is InChI=1S/C20H33N3O4S2/c1-3-4-15-29(25,26)23-13-11-22(12-14-23)10-9-21-20(24)19-18(27-2)16-7-5-6-8-17(16)28-19/h3-15H2,1-2H3,(H,21,24). The van der Waals surface area contributed by atoms with E-state index >= 15 is 0 Å². The normalized spacial score (nSPS) is 18.4. The number of fused-ring (bicyclic) bond motifs is 1. The monoisotopic (exact) mass is 443 g/mol. The average molecular weight is 444 g/mol. The number of nitrogens with one attached hydrogen (secondary N) is 1. The minimum absolute atomic E-state index is 0.0676. The third-order valence-electron chi connectivity index (χ3n) is 5.73. The van der Waals surface area contributed by atoms with Crippen LogP contribution < -0.4 is 10.1 Å². The summed E-state index contributed by atoms with van der Waals surface area (Å²) < 4.78 is 31.7. The van der Waals surface area contributed by atoms with Crippen molar-refractivity contribution in [2.24, 2.45) is 0 Å². The Balaban J connectivity index is 1.45. The molecule has 0 aromatic carbocycles. The number of carbonyl (C=O) groups excluding carboxylic acids is 1. The van der Waals surface area contributed by atoms with E-state index in [9.17, 15) is 13.2 Å². The molecule has 0 unspecified atom stereocenters. The summed E-state index contributed by atoms with van der Waals surface area (Å²) in [5, 5.41) is 3.02. The molecule has 1 fully saturated rings. The number of sulfonamides is 1. The van der Waals surface area contributed by atoms with Crippen LogP contribution >= 0.6 is 11.3 Å². The van der Waals surface area contributed by atoms with Crippen LogP contribution in [0.2, 0.25) is 0 Å². The minimum Gasteiger partial charge on any atom is -0.495 e. The Hall–Kier alpha value is -1.16. The maximum absolute atomic E-state index is 12.7. The maximum atomic E-state index is 12.7. The first-order valence-electron chi connectivity index (χ1n) is 10.6. The van der Waals surface area contributed by atoms with Gasteiger partial charge in [0.15, 0.2) is 0 Å². The van der Waals surface area contributed by atoms with Crippen molar-refractivity contribution in [3.63, 3.8) is 0 Å². The van der Waals surface area contributed by atoms with Gasteiger partial charge in [0.1, 0.15) is 10.6 Å². The zero-order valence-corrected chi connectivity index (χ0v) is 19.2. The SMILES string of the molecule is CCCCS(=O)(=O)N1CCN(CCNC(=O)c2sc3c(c2OC)CCCC3)CC1. The van der Waals surface area contributed by atoms with Crippen molar-refractivity contribution >= 4 is 27.3 Å². The number of aryl methyl sites for hydroxylation is 1. The third-order valence-corrected chi connectivity index (χ3v) is 8.96. The van der Waals surface area contributed by atoms with E-state index in [4.69, 9.17) is 4.74 Å². The number of thiophene rings is 1. The number of piperazine rings is 1. The molecule has 0 bridgehead atoms. The summed E-state index contributed by atoms with van der Waals surface area (Å²) in [6, 6.07) is 0. The molecule has 1 aliphatic heterocycles. The van der Waals surface area contributed by atoms with E-state index < -0.39 is 10.0 Å². The van der Waals surface area contributed by atoms with Gasteiger partial charge in [0, 0.05) is 49.7 Å². The second-order valence-corrected chi connectivity index (χ2v) is 10.9. The molecule has 3 rings (SSSR count). The van der Waals surface area contributed by atoms with Gasteiger partial charge in [-0.1, -0.05) is 13.3 Å². The van der Waals surface area contributed by atoms with Crippen molar-refractivity contribution in [1.29, 1.82) is 0 Å². The molecule has 1 amide bonds. The van der Waals surface area contributed by atoms with Gasteiger partial charge in [-0.2, -0.15) is 4.31 Å². The lowest BCUT2D eigenvalue weighted by Crippen LogP contribution is -2.50. The molecule has 0 atom stereocenters. The first-order valence-corrected chi connectivity index (χ1v) is 13.1. The van der Waals surface area contributed by atoms with Crippen molar-refractivity contribution in [3.05, 3.63) is 15.3 Å². The highest BCUT2D eigenvalue weighted by molar-refractivity contribution is 7.89. The number of carbonyl (C=O) groups is 1. The highest BCUT2D eigenvalue weighted by Gasteiger charge is 2.27.